The van der Waals surface area contributed by atoms with Crippen LogP contribution in [0.4, 0.5) is 8.78 Å². The number of carboxylic acids is 1. The summed E-state index contributed by atoms with van der Waals surface area (Å²) >= 11 is 0. The fourth-order valence-electron chi connectivity index (χ4n) is 4.42. The van der Waals surface area contributed by atoms with Gasteiger partial charge < -0.3 is 14.8 Å². The van der Waals surface area contributed by atoms with Gasteiger partial charge in [0.15, 0.2) is 5.82 Å². The zero-order valence-electron chi connectivity index (χ0n) is 17.7. The number of hydrogen-bond acceptors (Lipinski definition) is 3. The summed E-state index contributed by atoms with van der Waals surface area (Å²) in [6.45, 7) is 0. The van der Waals surface area contributed by atoms with Gasteiger partial charge in [-0.1, -0.05) is 54.6 Å². The number of nitrogens with one attached hydrogen (secondary N) is 1. The van der Waals surface area contributed by atoms with Crippen molar-refractivity contribution in [2.24, 2.45) is 5.92 Å². The predicted octanol–water partition coefficient (Wildman–Crippen LogP) is 6.20. The molecule has 7 heteroatoms. The number of ether oxygens (including phenoxy) is 1. The van der Waals surface area contributed by atoms with E-state index in [1.54, 1.807) is 12.1 Å². The summed E-state index contributed by atoms with van der Waals surface area (Å²) < 4.78 is 36.0. The third kappa shape index (κ3) is 4.18. The number of nitrogens with zero attached hydrogens (tertiary/aromatic N) is 1. The average Bonchev–Trinajstić information content (AvgIpc) is 3.23. The summed E-state index contributed by atoms with van der Waals surface area (Å²) in [6, 6.07) is 18.1. The minimum absolute atomic E-state index is 0.00718. The van der Waals surface area contributed by atoms with Crippen molar-refractivity contribution in [3.8, 4) is 28.3 Å². The molecule has 0 amide bonds. The van der Waals surface area contributed by atoms with E-state index in [0.29, 0.717) is 31.2 Å². The van der Waals surface area contributed by atoms with Gasteiger partial charge in [-0.3, -0.25) is 4.79 Å². The van der Waals surface area contributed by atoms with Gasteiger partial charge in [0.2, 0.25) is 0 Å². The van der Waals surface area contributed by atoms with Crippen molar-refractivity contribution in [2.75, 3.05) is 0 Å². The molecular weight excluding hydrogens is 426 g/mol. The van der Waals surface area contributed by atoms with E-state index in [1.165, 1.54) is 6.07 Å². The summed E-state index contributed by atoms with van der Waals surface area (Å²) in [4.78, 5) is 18.2. The first-order chi connectivity index (χ1) is 16.0. The number of benzene rings is 3. The first kappa shape index (κ1) is 21.1. The van der Waals surface area contributed by atoms with Crippen molar-refractivity contribution in [1.29, 1.82) is 0 Å². The van der Waals surface area contributed by atoms with Crippen molar-refractivity contribution in [3.05, 3.63) is 72.3 Å². The van der Waals surface area contributed by atoms with Crippen molar-refractivity contribution in [2.45, 2.75) is 31.8 Å². The molecule has 0 radical (unpaired) electrons. The molecule has 0 aliphatic heterocycles. The van der Waals surface area contributed by atoms with Crippen LogP contribution in [-0.2, 0) is 4.79 Å². The van der Waals surface area contributed by atoms with Crippen LogP contribution in [0.15, 0.2) is 60.7 Å². The summed E-state index contributed by atoms with van der Waals surface area (Å²) in [6.07, 6.45) is 1.98. The number of carboxylic acid groups (broad SMARTS) is 1. The van der Waals surface area contributed by atoms with Crippen molar-refractivity contribution in [1.82, 2.24) is 9.97 Å². The maximum atomic E-state index is 15.3. The molecule has 5 nitrogen and oxygen atoms in total. The maximum Gasteiger partial charge on any atom is 0.306 e. The maximum absolute atomic E-state index is 15.3. The smallest absolute Gasteiger partial charge is 0.306 e. The van der Waals surface area contributed by atoms with Crippen LogP contribution < -0.4 is 4.74 Å². The minimum atomic E-state index is -0.793. The molecule has 33 heavy (non-hydrogen) atoms. The van der Waals surface area contributed by atoms with E-state index in [4.69, 9.17) is 9.84 Å². The molecule has 0 atom stereocenters. The van der Waals surface area contributed by atoms with Gasteiger partial charge in [0.05, 0.1) is 17.0 Å². The second-order valence-corrected chi connectivity index (χ2v) is 8.36. The first-order valence-electron chi connectivity index (χ1n) is 10.9. The molecule has 168 valence electrons. The molecule has 0 spiro atoms. The second-order valence-electron chi connectivity index (χ2n) is 8.36. The highest BCUT2D eigenvalue weighted by atomic mass is 19.1. The lowest BCUT2D eigenvalue weighted by Gasteiger charge is -2.25. The van der Waals surface area contributed by atoms with Crippen LogP contribution in [-0.4, -0.2) is 27.1 Å². The van der Waals surface area contributed by atoms with Gasteiger partial charge in [0.1, 0.15) is 17.4 Å². The number of hydrogen-bond donors (Lipinski definition) is 2. The monoisotopic (exact) mass is 448 g/mol. The largest absolute Gasteiger partial charge is 0.481 e. The molecule has 0 saturated heterocycles. The fraction of sp³-hybridized carbons (Fsp3) is 0.231. The van der Waals surface area contributed by atoms with Gasteiger partial charge in [0, 0.05) is 6.07 Å². The molecule has 1 aliphatic carbocycles. The normalized spacial score (nSPS) is 18.4. The molecule has 5 rings (SSSR count). The number of halogens is 2. The molecule has 4 aromatic rings. The Balaban J connectivity index is 1.40. The van der Waals surface area contributed by atoms with Gasteiger partial charge in [-0.15, -0.1) is 0 Å². The van der Waals surface area contributed by atoms with Crippen LogP contribution in [0.5, 0.6) is 6.01 Å². The van der Waals surface area contributed by atoms with Crippen LogP contribution in [0.2, 0.25) is 0 Å². The number of aromatic amines is 1. The Kier molecular flexibility index (Phi) is 5.54. The van der Waals surface area contributed by atoms with Crippen molar-refractivity contribution >= 4 is 17.0 Å². The van der Waals surface area contributed by atoms with E-state index in [-0.39, 0.29) is 34.6 Å². The molecule has 2 N–H and O–H groups in total. The SMILES string of the molecule is O=C(O)C1CCC(Oc2nc3c(F)c(-c4ccc(-c5ccccc5)cc4)c(F)cc3[nH]2)CC1. The fourth-order valence-corrected chi connectivity index (χ4v) is 4.42. The average molecular weight is 448 g/mol. The lowest BCUT2D eigenvalue weighted by Crippen LogP contribution is -2.28. The number of fused-ring (bicyclic) bond motifs is 1. The van der Waals surface area contributed by atoms with Crippen LogP contribution in [0.1, 0.15) is 25.7 Å². The van der Waals surface area contributed by atoms with Crippen LogP contribution >= 0.6 is 0 Å². The molecule has 0 unspecified atom stereocenters. The summed E-state index contributed by atoms with van der Waals surface area (Å²) in [5.74, 6) is -2.59. The molecule has 1 aromatic heterocycles. The van der Waals surface area contributed by atoms with Crippen LogP contribution in [0.3, 0.4) is 0 Å². The van der Waals surface area contributed by atoms with Gasteiger partial charge in [0.25, 0.3) is 6.01 Å². The molecular formula is C26H22F2N2O3. The van der Waals surface area contributed by atoms with Gasteiger partial charge in [-0.2, -0.15) is 4.98 Å². The second kappa shape index (κ2) is 8.65. The zero-order chi connectivity index (χ0) is 22.9. The standard InChI is InChI=1S/C26H22F2N2O3/c27-20-14-21-24(30-26(29-21)33-19-12-10-18(11-13-19)25(31)32)23(28)22(20)17-8-6-16(7-9-17)15-4-2-1-3-5-15/h1-9,14,18-19H,10-13H2,(H,29,30)(H,31,32). The first-order valence-corrected chi connectivity index (χ1v) is 10.9. The lowest BCUT2D eigenvalue weighted by atomic mass is 9.87. The van der Waals surface area contributed by atoms with Crippen LogP contribution in [0.25, 0.3) is 33.3 Å². The molecule has 1 saturated carbocycles. The molecule has 1 fully saturated rings. The third-order valence-electron chi connectivity index (χ3n) is 6.23. The Morgan fingerprint density at radius 2 is 1.58 bits per heavy atom. The van der Waals surface area contributed by atoms with E-state index in [2.05, 4.69) is 9.97 Å². The zero-order valence-corrected chi connectivity index (χ0v) is 17.7. The molecule has 0 bridgehead atoms. The van der Waals surface area contributed by atoms with E-state index < -0.39 is 17.6 Å². The summed E-state index contributed by atoms with van der Waals surface area (Å²) in [5.41, 5.74) is 2.48. The van der Waals surface area contributed by atoms with Crippen molar-refractivity contribution < 1.29 is 23.4 Å². The Labute approximate surface area is 189 Å². The Bertz CT molecular complexity index is 1290. The summed E-state index contributed by atoms with van der Waals surface area (Å²) in [7, 11) is 0. The highest BCUT2D eigenvalue weighted by Gasteiger charge is 2.28. The topological polar surface area (TPSA) is 75.2 Å². The molecule has 1 heterocycles. The number of rotatable bonds is 5. The van der Waals surface area contributed by atoms with Crippen LogP contribution in [0, 0.1) is 17.6 Å². The quantitative estimate of drug-likeness (QED) is 0.381. The Morgan fingerprint density at radius 1 is 0.939 bits per heavy atom. The molecule has 3 aromatic carbocycles. The van der Waals surface area contributed by atoms with E-state index in [9.17, 15) is 9.18 Å². The number of aliphatic carboxylic acids is 1. The predicted molar refractivity (Wildman–Crippen MR) is 121 cm³/mol. The molecule has 1 aliphatic rings. The van der Waals surface area contributed by atoms with Gasteiger partial charge >= 0.3 is 5.97 Å². The number of aromatic nitrogens is 2. The third-order valence-corrected chi connectivity index (χ3v) is 6.23. The van der Waals surface area contributed by atoms with E-state index >= 15 is 4.39 Å². The number of carbonyl (C=O) groups is 1. The highest BCUT2D eigenvalue weighted by Crippen LogP contribution is 2.34. The Morgan fingerprint density at radius 3 is 2.24 bits per heavy atom. The van der Waals surface area contributed by atoms with Gasteiger partial charge in [-0.05, 0) is 42.4 Å². The highest BCUT2D eigenvalue weighted by molar-refractivity contribution is 5.84. The van der Waals surface area contributed by atoms with E-state index in [1.807, 2.05) is 42.5 Å². The number of H-pyrrole nitrogens is 1. The van der Waals surface area contributed by atoms with Crippen molar-refractivity contribution in [3.63, 3.8) is 0 Å². The summed E-state index contributed by atoms with van der Waals surface area (Å²) in [5, 5.41) is 9.12. The number of imidazole rings is 1. The Hall–Kier alpha value is -3.74. The lowest BCUT2D eigenvalue weighted by molar-refractivity contribution is -0.143. The van der Waals surface area contributed by atoms with Gasteiger partial charge in [-0.25, -0.2) is 8.78 Å². The van der Waals surface area contributed by atoms with E-state index in [0.717, 1.165) is 11.1 Å². The minimum Gasteiger partial charge on any atom is -0.481 e.